The third kappa shape index (κ3) is 5.80. The van der Waals surface area contributed by atoms with Gasteiger partial charge in [0.25, 0.3) is 21.8 Å². The number of methoxy groups -OCH3 is 1. The molecule has 0 atom stereocenters. The van der Waals surface area contributed by atoms with Crippen LogP contribution in [0.3, 0.4) is 0 Å². The first-order valence-corrected chi connectivity index (χ1v) is 11.3. The van der Waals surface area contributed by atoms with Crippen molar-refractivity contribution in [3.63, 3.8) is 0 Å². The molecular formula is C23H24N4O5S. The van der Waals surface area contributed by atoms with Crippen LogP contribution in [0.4, 0.5) is 11.4 Å². The summed E-state index contributed by atoms with van der Waals surface area (Å²) in [6.07, 6.45) is 0. The van der Waals surface area contributed by atoms with Crippen LogP contribution in [0.1, 0.15) is 20.7 Å². The molecule has 0 radical (unpaired) electrons. The number of hydrazine groups is 1. The van der Waals surface area contributed by atoms with E-state index in [0.29, 0.717) is 11.3 Å². The number of carbonyl (C=O) groups is 2. The third-order valence-corrected chi connectivity index (χ3v) is 6.04. The van der Waals surface area contributed by atoms with Gasteiger partial charge in [-0.05, 0) is 48.5 Å². The van der Waals surface area contributed by atoms with E-state index >= 15 is 0 Å². The molecule has 0 aliphatic rings. The molecule has 0 aromatic heterocycles. The molecule has 3 aromatic rings. The highest BCUT2D eigenvalue weighted by atomic mass is 32.2. The van der Waals surface area contributed by atoms with Crippen LogP contribution in [0, 0.1) is 0 Å². The molecule has 0 bridgehead atoms. The van der Waals surface area contributed by atoms with Gasteiger partial charge in [0.1, 0.15) is 5.75 Å². The lowest BCUT2D eigenvalue weighted by molar-refractivity contribution is 0.0846. The van der Waals surface area contributed by atoms with Crippen LogP contribution in [0.15, 0.2) is 77.7 Å². The van der Waals surface area contributed by atoms with Crippen molar-refractivity contribution in [2.45, 2.75) is 4.90 Å². The molecule has 10 heteroatoms. The maximum atomic E-state index is 12.8. The predicted octanol–water partition coefficient (Wildman–Crippen LogP) is 2.64. The van der Waals surface area contributed by atoms with Crippen LogP contribution in [-0.2, 0) is 10.0 Å². The lowest BCUT2D eigenvalue weighted by Crippen LogP contribution is -2.41. The van der Waals surface area contributed by atoms with E-state index in [1.165, 1.54) is 31.4 Å². The summed E-state index contributed by atoms with van der Waals surface area (Å²) < 4.78 is 33.2. The molecule has 0 heterocycles. The average molecular weight is 469 g/mol. The number of sulfonamides is 1. The fourth-order valence-corrected chi connectivity index (χ4v) is 4.04. The first-order valence-electron chi connectivity index (χ1n) is 9.85. The number of amides is 2. The number of rotatable bonds is 7. The highest BCUT2D eigenvalue weighted by Crippen LogP contribution is 2.26. The normalized spacial score (nSPS) is 10.8. The van der Waals surface area contributed by atoms with E-state index in [1.54, 1.807) is 42.5 Å². The van der Waals surface area contributed by atoms with E-state index in [9.17, 15) is 18.0 Å². The molecule has 3 aromatic carbocycles. The standard InChI is InChI=1S/C23H24N4O5S/c1-27(2)18-10-6-8-16(14-18)22(28)24-25-23(29)17-9-7-11-19(15-17)33(30,31)26-20-12-4-5-13-21(20)32-3/h4-15,26H,1-3H3,(H,24,28)(H,25,29). The third-order valence-electron chi connectivity index (χ3n) is 4.67. The number of nitrogens with one attached hydrogen (secondary N) is 3. The van der Waals surface area contributed by atoms with Gasteiger partial charge in [-0.25, -0.2) is 8.42 Å². The number of benzene rings is 3. The Morgan fingerprint density at radius 2 is 1.42 bits per heavy atom. The Kier molecular flexibility index (Phi) is 7.19. The predicted molar refractivity (Wildman–Crippen MR) is 126 cm³/mol. The van der Waals surface area contributed by atoms with Gasteiger partial charge in [-0.1, -0.05) is 24.3 Å². The van der Waals surface area contributed by atoms with Gasteiger partial charge in [-0.2, -0.15) is 0 Å². The average Bonchev–Trinajstić information content (AvgIpc) is 2.82. The summed E-state index contributed by atoms with van der Waals surface area (Å²) in [5.74, 6) is -0.814. The second-order valence-corrected chi connectivity index (χ2v) is 8.87. The molecule has 0 spiro atoms. The Bertz CT molecular complexity index is 1280. The van der Waals surface area contributed by atoms with Crippen molar-refractivity contribution in [1.82, 2.24) is 10.9 Å². The smallest absolute Gasteiger partial charge is 0.269 e. The quantitative estimate of drug-likeness (QED) is 0.459. The number of ether oxygens (including phenoxy) is 1. The summed E-state index contributed by atoms with van der Waals surface area (Å²) in [5, 5.41) is 0. The van der Waals surface area contributed by atoms with E-state index in [0.717, 1.165) is 5.69 Å². The molecule has 9 nitrogen and oxygen atoms in total. The summed E-state index contributed by atoms with van der Waals surface area (Å²) in [7, 11) is 1.14. The lowest BCUT2D eigenvalue weighted by Gasteiger charge is -2.14. The minimum absolute atomic E-state index is 0.0558. The van der Waals surface area contributed by atoms with E-state index in [4.69, 9.17) is 4.74 Å². The highest BCUT2D eigenvalue weighted by Gasteiger charge is 2.18. The van der Waals surface area contributed by atoms with Gasteiger partial charge >= 0.3 is 0 Å². The number of anilines is 2. The summed E-state index contributed by atoms with van der Waals surface area (Å²) >= 11 is 0. The largest absolute Gasteiger partial charge is 0.495 e. The van der Waals surface area contributed by atoms with Crippen LogP contribution in [0.2, 0.25) is 0 Å². The molecule has 3 rings (SSSR count). The zero-order valence-electron chi connectivity index (χ0n) is 18.3. The molecular weight excluding hydrogens is 444 g/mol. The highest BCUT2D eigenvalue weighted by molar-refractivity contribution is 7.92. The number of hydrogen-bond donors (Lipinski definition) is 3. The van der Waals surface area contributed by atoms with Crippen LogP contribution in [0.25, 0.3) is 0 Å². The fraction of sp³-hybridized carbons (Fsp3) is 0.130. The minimum Gasteiger partial charge on any atom is -0.495 e. The van der Waals surface area contributed by atoms with Gasteiger partial charge in [0.2, 0.25) is 0 Å². The van der Waals surface area contributed by atoms with Crippen LogP contribution in [-0.4, -0.2) is 41.4 Å². The number of carbonyl (C=O) groups excluding carboxylic acids is 2. The first kappa shape index (κ1) is 23.6. The van der Waals surface area contributed by atoms with Crippen LogP contribution >= 0.6 is 0 Å². The molecule has 2 amide bonds. The molecule has 0 unspecified atom stereocenters. The Morgan fingerprint density at radius 1 is 0.818 bits per heavy atom. The molecule has 172 valence electrons. The molecule has 0 saturated heterocycles. The first-order chi connectivity index (χ1) is 15.7. The topological polar surface area (TPSA) is 117 Å². The van der Waals surface area contributed by atoms with Crippen molar-refractivity contribution >= 4 is 33.2 Å². The van der Waals surface area contributed by atoms with Gasteiger partial charge in [0.05, 0.1) is 17.7 Å². The molecule has 0 fully saturated rings. The minimum atomic E-state index is -3.99. The Hall–Kier alpha value is -4.05. The summed E-state index contributed by atoms with van der Waals surface area (Å²) in [6.45, 7) is 0. The second kappa shape index (κ2) is 10.0. The number of nitrogens with zero attached hydrogens (tertiary/aromatic N) is 1. The van der Waals surface area contributed by atoms with Gasteiger partial charge in [0, 0.05) is 30.9 Å². The zero-order valence-corrected chi connectivity index (χ0v) is 19.1. The molecule has 0 aliphatic heterocycles. The Labute approximate surface area is 192 Å². The maximum absolute atomic E-state index is 12.8. The van der Waals surface area contributed by atoms with Crippen molar-refractivity contribution in [2.24, 2.45) is 0 Å². The Morgan fingerprint density at radius 3 is 2.06 bits per heavy atom. The van der Waals surface area contributed by atoms with E-state index in [2.05, 4.69) is 15.6 Å². The summed E-state index contributed by atoms with van der Waals surface area (Å²) in [5.41, 5.74) is 6.15. The second-order valence-electron chi connectivity index (χ2n) is 7.19. The SMILES string of the molecule is COc1ccccc1NS(=O)(=O)c1cccc(C(=O)NNC(=O)c2cccc(N(C)C)c2)c1. The maximum Gasteiger partial charge on any atom is 0.269 e. The van der Waals surface area contributed by atoms with Crippen molar-refractivity contribution in [3.8, 4) is 5.75 Å². The van der Waals surface area contributed by atoms with Crippen molar-refractivity contribution in [2.75, 3.05) is 30.8 Å². The van der Waals surface area contributed by atoms with Gasteiger partial charge in [-0.3, -0.25) is 25.2 Å². The van der Waals surface area contributed by atoms with Crippen LogP contribution in [0.5, 0.6) is 5.75 Å². The lowest BCUT2D eigenvalue weighted by atomic mass is 10.2. The van der Waals surface area contributed by atoms with Crippen molar-refractivity contribution < 1.29 is 22.7 Å². The van der Waals surface area contributed by atoms with E-state index < -0.39 is 21.8 Å². The van der Waals surface area contributed by atoms with E-state index in [1.807, 2.05) is 25.1 Å². The zero-order chi connectivity index (χ0) is 24.0. The summed E-state index contributed by atoms with van der Waals surface area (Å²) in [6, 6.07) is 18.9. The van der Waals surface area contributed by atoms with Crippen molar-refractivity contribution in [1.29, 1.82) is 0 Å². The van der Waals surface area contributed by atoms with Gasteiger partial charge in [-0.15, -0.1) is 0 Å². The molecule has 0 aliphatic carbocycles. The van der Waals surface area contributed by atoms with Gasteiger partial charge < -0.3 is 9.64 Å². The van der Waals surface area contributed by atoms with E-state index in [-0.39, 0.29) is 16.1 Å². The summed E-state index contributed by atoms with van der Waals surface area (Å²) in [4.78, 5) is 26.6. The molecule has 3 N–H and O–H groups in total. The van der Waals surface area contributed by atoms with Crippen LogP contribution < -0.4 is 25.2 Å². The molecule has 33 heavy (non-hydrogen) atoms. The number of hydrogen-bond acceptors (Lipinski definition) is 6. The monoisotopic (exact) mass is 468 g/mol. The van der Waals surface area contributed by atoms with Crippen molar-refractivity contribution in [3.05, 3.63) is 83.9 Å². The number of para-hydroxylation sites is 2. The van der Waals surface area contributed by atoms with Gasteiger partial charge in [0.15, 0.2) is 0 Å². The fourth-order valence-electron chi connectivity index (χ4n) is 2.92. The molecule has 0 saturated carbocycles. The Balaban J connectivity index is 1.71.